The van der Waals surface area contributed by atoms with Gasteiger partial charge in [0.2, 0.25) is 5.91 Å². The number of benzene rings is 1. The molecule has 1 aliphatic heterocycles. The van der Waals surface area contributed by atoms with Crippen molar-refractivity contribution in [1.82, 2.24) is 4.98 Å². The number of aromatic nitrogens is 1. The molecule has 6 nitrogen and oxygen atoms in total. The molecule has 1 N–H and O–H groups in total. The Labute approximate surface area is 172 Å². The summed E-state index contributed by atoms with van der Waals surface area (Å²) in [5, 5.41) is 2.83. The SMILES string of the molecule is CCC[C@H]1C(=O)Nc2ccccc2N1C(=O)c1ccc(N(C)CCC(F)(F)F)nc1. The van der Waals surface area contributed by atoms with Crippen LogP contribution < -0.4 is 15.1 Å². The van der Waals surface area contributed by atoms with Gasteiger partial charge in [0.1, 0.15) is 11.9 Å². The van der Waals surface area contributed by atoms with Crippen molar-refractivity contribution >= 4 is 29.0 Å². The van der Waals surface area contributed by atoms with Gasteiger partial charge in [-0.05, 0) is 30.7 Å². The zero-order valence-corrected chi connectivity index (χ0v) is 16.7. The van der Waals surface area contributed by atoms with Crippen LogP contribution in [0.15, 0.2) is 42.6 Å². The van der Waals surface area contributed by atoms with Gasteiger partial charge < -0.3 is 10.2 Å². The highest BCUT2D eigenvalue weighted by Crippen LogP contribution is 2.34. The fourth-order valence-electron chi connectivity index (χ4n) is 3.36. The normalized spacial score (nSPS) is 16.1. The first kappa shape index (κ1) is 21.6. The summed E-state index contributed by atoms with van der Waals surface area (Å²) in [5.41, 5.74) is 1.42. The van der Waals surface area contributed by atoms with Gasteiger partial charge in [-0.3, -0.25) is 14.5 Å². The average molecular weight is 420 g/mol. The lowest BCUT2D eigenvalue weighted by molar-refractivity contribution is -0.132. The maximum absolute atomic E-state index is 13.3. The molecule has 0 unspecified atom stereocenters. The van der Waals surface area contributed by atoms with Crippen molar-refractivity contribution in [2.45, 2.75) is 38.4 Å². The highest BCUT2D eigenvalue weighted by molar-refractivity contribution is 6.16. The molecule has 9 heteroatoms. The fourth-order valence-corrected chi connectivity index (χ4v) is 3.36. The van der Waals surface area contributed by atoms with E-state index in [0.717, 1.165) is 0 Å². The van der Waals surface area contributed by atoms with E-state index in [1.807, 2.05) is 6.92 Å². The third-order valence-electron chi connectivity index (χ3n) is 4.93. The van der Waals surface area contributed by atoms with E-state index in [1.165, 1.54) is 35.2 Å². The number of fused-ring (bicyclic) bond motifs is 1. The topological polar surface area (TPSA) is 65.5 Å². The summed E-state index contributed by atoms with van der Waals surface area (Å²) < 4.78 is 37.3. The first-order valence-corrected chi connectivity index (χ1v) is 9.68. The molecule has 0 bridgehead atoms. The number of pyridine rings is 1. The monoisotopic (exact) mass is 420 g/mol. The highest BCUT2D eigenvalue weighted by Gasteiger charge is 2.36. The van der Waals surface area contributed by atoms with E-state index in [0.29, 0.717) is 30.0 Å². The molecule has 3 rings (SSSR count). The molecule has 160 valence electrons. The van der Waals surface area contributed by atoms with E-state index in [2.05, 4.69) is 10.3 Å². The smallest absolute Gasteiger partial charge is 0.359 e. The summed E-state index contributed by atoms with van der Waals surface area (Å²) in [5.74, 6) is -0.300. The van der Waals surface area contributed by atoms with Crippen LogP contribution in [0.2, 0.25) is 0 Å². The van der Waals surface area contributed by atoms with Gasteiger partial charge in [-0.25, -0.2) is 4.98 Å². The van der Waals surface area contributed by atoms with Crippen LogP contribution >= 0.6 is 0 Å². The third-order valence-corrected chi connectivity index (χ3v) is 4.93. The molecule has 0 aliphatic carbocycles. The van der Waals surface area contributed by atoms with E-state index >= 15 is 0 Å². The summed E-state index contributed by atoms with van der Waals surface area (Å²) in [6, 6.07) is 9.44. The Morgan fingerprint density at radius 3 is 2.60 bits per heavy atom. The van der Waals surface area contributed by atoms with Gasteiger partial charge in [0.15, 0.2) is 0 Å². The Balaban J connectivity index is 1.85. The average Bonchev–Trinajstić information content (AvgIpc) is 2.72. The maximum atomic E-state index is 13.3. The van der Waals surface area contributed by atoms with E-state index < -0.39 is 18.6 Å². The second kappa shape index (κ2) is 8.73. The number of nitrogens with one attached hydrogen (secondary N) is 1. The number of carbonyl (C=O) groups is 2. The van der Waals surface area contributed by atoms with Crippen molar-refractivity contribution in [2.75, 3.05) is 28.7 Å². The summed E-state index contributed by atoms with van der Waals surface area (Å²) in [4.78, 5) is 32.9. The second-order valence-corrected chi connectivity index (χ2v) is 7.18. The lowest BCUT2D eigenvalue weighted by atomic mass is 10.0. The summed E-state index contributed by atoms with van der Waals surface area (Å²) in [7, 11) is 1.51. The molecule has 2 heterocycles. The number of alkyl halides is 3. The maximum Gasteiger partial charge on any atom is 0.390 e. The number of para-hydroxylation sites is 2. The molecule has 2 aromatic rings. The number of nitrogens with zero attached hydrogens (tertiary/aromatic N) is 3. The van der Waals surface area contributed by atoms with Gasteiger partial charge in [0.05, 0.1) is 23.4 Å². The van der Waals surface area contributed by atoms with Gasteiger partial charge in [-0.15, -0.1) is 0 Å². The number of halogens is 3. The quantitative estimate of drug-likeness (QED) is 0.759. The van der Waals surface area contributed by atoms with Crippen LogP contribution in [0.25, 0.3) is 0 Å². The summed E-state index contributed by atoms with van der Waals surface area (Å²) in [6.07, 6.45) is -2.66. The van der Waals surface area contributed by atoms with Crippen molar-refractivity contribution in [1.29, 1.82) is 0 Å². The van der Waals surface area contributed by atoms with Crippen LogP contribution in [-0.4, -0.2) is 42.6 Å². The number of amides is 2. The minimum Gasteiger partial charge on any atom is -0.359 e. The minimum atomic E-state index is -4.25. The van der Waals surface area contributed by atoms with Gasteiger partial charge >= 0.3 is 6.18 Å². The van der Waals surface area contributed by atoms with Crippen LogP contribution in [-0.2, 0) is 4.79 Å². The Bertz CT molecular complexity index is 915. The zero-order chi connectivity index (χ0) is 21.9. The van der Waals surface area contributed by atoms with Gasteiger partial charge in [0, 0.05) is 19.8 Å². The van der Waals surface area contributed by atoms with E-state index in [1.54, 1.807) is 24.3 Å². The molecule has 2 amide bonds. The minimum absolute atomic E-state index is 0.234. The van der Waals surface area contributed by atoms with Crippen LogP contribution in [0.1, 0.15) is 36.5 Å². The molecular weight excluding hydrogens is 397 g/mol. The van der Waals surface area contributed by atoms with Crippen molar-refractivity contribution in [2.24, 2.45) is 0 Å². The highest BCUT2D eigenvalue weighted by atomic mass is 19.4. The molecule has 0 fully saturated rings. The van der Waals surface area contributed by atoms with E-state index in [-0.39, 0.29) is 23.9 Å². The zero-order valence-electron chi connectivity index (χ0n) is 16.7. The molecule has 0 saturated carbocycles. The van der Waals surface area contributed by atoms with Crippen LogP contribution in [0.5, 0.6) is 0 Å². The number of anilines is 3. The van der Waals surface area contributed by atoms with Crippen molar-refractivity contribution in [3.8, 4) is 0 Å². The fraction of sp³-hybridized carbons (Fsp3) is 0.381. The van der Waals surface area contributed by atoms with Crippen LogP contribution in [0.3, 0.4) is 0 Å². The Morgan fingerprint density at radius 1 is 1.23 bits per heavy atom. The largest absolute Gasteiger partial charge is 0.390 e. The number of hydrogen-bond acceptors (Lipinski definition) is 4. The third kappa shape index (κ3) is 4.72. The van der Waals surface area contributed by atoms with Crippen LogP contribution in [0.4, 0.5) is 30.4 Å². The molecule has 30 heavy (non-hydrogen) atoms. The predicted octanol–water partition coefficient (Wildman–Crippen LogP) is 4.24. The van der Waals surface area contributed by atoms with Gasteiger partial charge in [-0.2, -0.15) is 13.2 Å². The summed E-state index contributed by atoms with van der Waals surface area (Å²) >= 11 is 0. The number of hydrogen-bond donors (Lipinski definition) is 1. The predicted molar refractivity (Wildman–Crippen MR) is 109 cm³/mol. The van der Waals surface area contributed by atoms with Crippen LogP contribution in [0, 0.1) is 0 Å². The Morgan fingerprint density at radius 2 is 1.97 bits per heavy atom. The summed E-state index contributed by atoms with van der Waals surface area (Å²) in [6.45, 7) is 1.70. The molecule has 1 atom stereocenters. The molecule has 0 saturated heterocycles. The van der Waals surface area contributed by atoms with Crippen molar-refractivity contribution < 1.29 is 22.8 Å². The molecular formula is C21H23F3N4O2. The molecule has 0 spiro atoms. The van der Waals surface area contributed by atoms with Crippen molar-refractivity contribution in [3.05, 3.63) is 48.2 Å². The first-order chi connectivity index (χ1) is 14.2. The van der Waals surface area contributed by atoms with Gasteiger partial charge in [-0.1, -0.05) is 25.5 Å². The second-order valence-electron chi connectivity index (χ2n) is 7.18. The molecule has 0 radical (unpaired) electrons. The standard InChI is InChI=1S/C21H23F3N4O2/c1-3-6-17-19(29)26-15-7-4-5-8-16(15)28(17)20(30)14-9-10-18(25-13-14)27(2)12-11-21(22,23)24/h4-5,7-10,13,17H,3,6,11-12H2,1-2H3,(H,26,29)/t17-/m0/s1. The Hall–Kier alpha value is -3.10. The van der Waals surface area contributed by atoms with E-state index in [4.69, 9.17) is 0 Å². The lowest BCUT2D eigenvalue weighted by Gasteiger charge is -2.36. The molecule has 1 aromatic heterocycles. The number of carbonyl (C=O) groups excluding carboxylic acids is 2. The number of rotatable bonds is 6. The first-order valence-electron chi connectivity index (χ1n) is 9.68. The lowest BCUT2D eigenvalue weighted by Crippen LogP contribution is -2.51. The van der Waals surface area contributed by atoms with E-state index in [9.17, 15) is 22.8 Å². The van der Waals surface area contributed by atoms with Gasteiger partial charge in [0.25, 0.3) is 5.91 Å². The Kier molecular flexibility index (Phi) is 6.28. The van der Waals surface area contributed by atoms with Crippen molar-refractivity contribution in [3.63, 3.8) is 0 Å². The molecule has 1 aromatic carbocycles. The molecule has 1 aliphatic rings.